The van der Waals surface area contributed by atoms with E-state index in [0.717, 1.165) is 5.56 Å². The smallest absolute Gasteiger partial charge is 0.158 e. The molecule has 1 aromatic carbocycles. The summed E-state index contributed by atoms with van der Waals surface area (Å²) in [7, 11) is 0. The van der Waals surface area contributed by atoms with E-state index in [2.05, 4.69) is 0 Å². The van der Waals surface area contributed by atoms with Crippen LogP contribution in [0, 0.1) is 29.6 Å². The molecule has 0 aliphatic heterocycles. The zero-order valence-corrected chi connectivity index (χ0v) is 7.84. The van der Waals surface area contributed by atoms with Gasteiger partial charge in [-0.3, -0.25) is 0 Å². The predicted octanol–water partition coefficient (Wildman–Crippen LogP) is 2.78. The van der Waals surface area contributed by atoms with E-state index in [1.807, 2.05) is 19.1 Å². The predicted molar refractivity (Wildman–Crippen MR) is 50.2 cm³/mol. The largest absolute Gasteiger partial charge is 0.196 e. The number of rotatable bonds is 1. The first-order valence-electron chi connectivity index (χ1n) is 3.74. The molecule has 0 aliphatic rings. The molecule has 0 unspecified atom stereocenters. The van der Waals surface area contributed by atoms with Gasteiger partial charge in [-0.25, -0.2) is 0 Å². The Morgan fingerprint density at radius 1 is 1.31 bits per heavy atom. The van der Waals surface area contributed by atoms with Gasteiger partial charge in [0.05, 0.1) is 12.1 Å². The molecule has 0 radical (unpaired) electrons. The molecule has 0 saturated heterocycles. The van der Waals surface area contributed by atoms with Gasteiger partial charge in [0.25, 0.3) is 0 Å². The van der Waals surface area contributed by atoms with Gasteiger partial charge in [-0.1, -0.05) is 23.7 Å². The van der Waals surface area contributed by atoms with Gasteiger partial charge in [-0.05, 0) is 24.1 Å². The molecule has 13 heavy (non-hydrogen) atoms. The lowest BCUT2D eigenvalue weighted by Gasteiger charge is -2.02. The number of aryl methyl sites for hydroxylation is 1. The van der Waals surface area contributed by atoms with E-state index in [0.29, 0.717) is 10.6 Å². The minimum atomic E-state index is -0.698. The molecule has 0 heterocycles. The van der Waals surface area contributed by atoms with Crippen molar-refractivity contribution in [1.29, 1.82) is 10.5 Å². The SMILES string of the molecule is Cc1cc(C(C#N)C#N)ccc1Cl. The third-order valence-electron chi connectivity index (χ3n) is 1.77. The van der Waals surface area contributed by atoms with Crippen LogP contribution in [-0.2, 0) is 0 Å². The first kappa shape index (κ1) is 9.58. The van der Waals surface area contributed by atoms with Crippen molar-refractivity contribution >= 4 is 11.6 Å². The summed E-state index contributed by atoms with van der Waals surface area (Å²) < 4.78 is 0. The Bertz CT molecular complexity index is 384. The summed E-state index contributed by atoms with van der Waals surface area (Å²) in [5.74, 6) is -0.698. The van der Waals surface area contributed by atoms with E-state index >= 15 is 0 Å². The van der Waals surface area contributed by atoms with Crippen molar-refractivity contribution in [3.05, 3.63) is 34.3 Å². The van der Waals surface area contributed by atoms with E-state index in [-0.39, 0.29) is 0 Å². The fourth-order valence-electron chi connectivity index (χ4n) is 1.03. The number of hydrogen-bond acceptors (Lipinski definition) is 2. The lowest BCUT2D eigenvalue weighted by Crippen LogP contribution is -1.92. The van der Waals surface area contributed by atoms with Crippen LogP contribution in [0.5, 0.6) is 0 Å². The Kier molecular flexibility index (Phi) is 2.90. The minimum absolute atomic E-state index is 0.651. The van der Waals surface area contributed by atoms with Gasteiger partial charge >= 0.3 is 0 Å². The minimum Gasteiger partial charge on any atom is -0.196 e. The lowest BCUT2D eigenvalue weighted by molar-refractivity contribution is 1.10. The molecule has 0 bridgehead atoms. The lowest BCUT2D eigenvalue weighted by atomic mass is 10.0. The summed E-state index contributed by atoms with van der Waals surface area (Å²) in [6.45, 7) is 1.84. The molecule has 0 aliphatic carbocycles. The molecule has 0 N–H and O–H groups in total. The molecule has 1 rings (SSSR count). The quantitative estimate of drug-likeness (QED) is 0.684. The molecular formula is C10H7ClN2. The molecule has 0 saturated carbocycles. The van der Waals surface area contributed by atoms with Crippen molar-refractivity contribution in [1.82, 2.24) is 0 Å². The number of benzene rings is 1. The molecule has 0 amide bonds. The maximum Gasteiger partial charge on any atom is 0.158 e. The van der Waals surface area contributed by atoms with Gasteiger partial charge in [-0.2, -0.15) is 10.5 Å². The van der Waals surface area contributed by atoms with Crippen molar-refractivity contribution in [2.45, 2.75) is 12.8 Å². The number of nitriles is 2. The van der Waals surface area contributed by atoms with Crippen molar-refractivity contribution in [3.8, 4) is 12.1 Å². The molecule has 64 valence electrons. The van der Waals surface area contributed by atoms with E-state index < -0.39 is 5.92 Å². The van der Waals surface area contributed by atoms with E-state index in [1.165, 1.54) is 0 Å². The van der Waals surface area contributed by atoms with Gasteiger partial charge in [0.1, 0.15) is 0 Å². The molecule has 0 atom stereocenters. The van der Waals surface area contributed by atoms with E-state index in [9.17, 15) is 0 Å². The highest BCUT2D eigenvalue weighted by Gasteiger charge is 2.09. The summed E-state index contributed by atoms with van der Waals surface area (Å²) in [6, 6.07) is 8.99. The van der Waals surface area contributed by atoms with Crippen LogP contribution >= 0.6 is 11.6 Å². The molecule has 0 spiro atoms. The van der Waals surface area contributed by atoms with Crippen LogP contribution in [0.1, 0.15) is 17.0 Å². The monoisotopic (exact) mass is 190 g/mol. The van der Waals surface area contributed by atoms with Crippen molar-refractivity contribution < 1.29 is 0 Å². The second-order valence-electron chi connectivity index (χ2n) is 2.70. The first-order valence-corrected chi connectivity index (χ1v) is 4.12. The average molecular weight is 191 g/mol. The van der Waals surface area contributed by atoms with Crippen LogP contribution in [0.15, 0.2) is 18.2 Å². The van der Waals surface area contributed by atoms with Crippen LogP contribution in [0.25, 0.3) is 0 Å². The highest BCUT2D eigenvalue weighted by atomic mass is 35.5. The Labute approximate surface area is 82.0 Å². The van der Waals surface area contributed by atoms with Gasteiger partial charge in [0.15, 0.2) is 5.92 Å². The highest BCUT2D eigenvalue weighted by Crippen LogP contribution is 2.21. The van der Waals surface area contributed by atoms with Crippen LogP contribution in [0.4, 0.5) is 0 Å². The Balaban J connectivity index is 3.13. The van der Waals surface area contributed by atoms with Gasteiger partial charge in [0.2, 0.25) is 0 Å². The fraction of sp³-hybridized carbons (Fsp3) is 0.200. The van der Waals surface area contributed by atoms with Crippen molar-refractivity contribution in [2.24, 2.45) is 0 Å². The zero-order chi connectivity index (χ0) is 9.84. The van der Waals surface area contributed by atoms with Crippen LogP contribution < -0.4 is 0 Å². The van der Waals surface area contributed by atoms with Gasteiger partial charge in [0, 0.05) is 5.02 Å². The summed E-state index contributed by atoms with van der Waals surface area (Å²) in [6.07, 6.45) is 0. The maximum atomic E-state index is 8.63. The second kappa shape index (κ2) is 3.94. The van der Waals surface area contributed by atoms with E-state index in [1.54, 1.807) is 18.2 Å². The maximum absolute atomic E-state index is 8.63. The fourth-order valence-corrected chi connectivity index (χ4v) is 1.14. The molecule has 0 aromatic heterocycles. The van der Waals surface area contributed by atoms with Crippen LogP contribution in [0.3, 0.4) is 0 Å². The molecule has 0 fully saturated rings. The highest BCUT2D eigenvalue weighted by molar-refractivity contribution is 6.31. The summed E-state index contributed by atoms with van der Waals surface area (Å²) >= 11 is 5.81. The Morgan fingerprint density at radius 3 is 2.38 bits per heavy atom. The second-order valence-corrected chi connectivity index (χ2v) is 3.11. The number of halogens is 1. The van der Waals surface area contributed by atoms with Crippen molar-refractivity contribution in [2.75, 3.05) is 0 Å². The normalized spacial score (nSPS) is 9.31. The van der Waals surface area contributed by atoms with Crippen LogP contribution in [0.2, 0.25) is 5.02 Å². The number of nitrogens with zero attached hydrogens (tertiary/aromatic N) is 2. The Morgan fingerprint density at radius 2 is 1.92 bits per heavy atom. The summed E-state index contributed by atoms with van der Waals surface area (Å²) in [5.41, 5.74) is 1.58. The number of hydrogen-bond donors (Lipinski definition) is 0. The third-order valence-corrected chi connectivity index (χ3v) is 2.20. The van der Waals surface area contributed by atoms with Gasteiger partial charge < -0.3 is 0 Å². The summed E-state index contributed by atoms with van der Waals surface area (Å²) in [5, 5.41) is 17.9. The molecule has 2 nitrogen and oxygen atoms in total. The zero-order valence-electron chi connectivity index (χ0n) is 7.08. The van der Waals surface area contributed by atoms with Gasteiger partial charge in [-0.15, -0.1) is 0 Å². The van der Waals surface area contributed by atoms with Crippen LogP contribution in [-0.4, -0.2) is 0 Å². The summed E-state index contributed by atoms with van der Waals surface area (Å²) in [4.78, 5) is 0. The van der Waals surface area contributed by atoms with E-state index in [4.69, 9.17) is 22.1 Å². The first-order chi connectivity index (χ1) is 6.19. The topological polar surface area (TPSA) is 47.6 Å². The molecule has 3 heteroatoms. The standard InChI is InChI=1S/C10H7ClN2/c1-7-4-8(2-3-10(7)11)9(5-12)6-13/h2-4,9H,1H3. The van der Waals surface area contributed by atoms with Crippen molar-refractivity contribution in [3.63, 3.8) is 0 Å². The molecule has 1 aromatic rings. The average Bonchev–Trinajstić information content (AvgIpc) is 2.13. The molecular weight excluding hydrogens is 184 g/mol. The third kappa shape index (κ3) is 1.99. The Hall–Kier alpha value is -1.51.